The summed E-state index contributed by atoms with van der Waals surface area (Å²) < 4.78 is 11.3. The fraction of sp³-hybridized carbons (Fsp3) is 0.212. The van der Waals surface area contributed by atoms with Crippen LogP contribution in [0.5, 0.6) is 11.5 Å². The summed E-state index contributed by atoms with van der Waals surface area (Å²) in [5.74, 6) is -0.203. The maximum atomic E-state index is 12.7. The van der Waals surface area contributed by atoms with Crippen molar-refractivity contribution >= 4 is 23.3 Å². The van der Waals surface area contributed by atoms with Crippen molar-refractivity contribution in [2.24, 2.45) is 16.1 Å². The molecule has 3 aromatic carbocycles. The van der Waals surface area contributed by atoms with Gasteiger partial charge in [0.15, 0.2) is 11.5 Å². The number of hydrogen-bond donors (Lipinski definition) is 0. The Bertz CT molecular complexity index is 1360. The Labute approximate surface area is 230 Å². The summed E-state index contributed by atoms with van der Waals surface area (Å²) >= 11 is 0. The lowest BCUT2D eigenvalue weighted by Crippen LogP contribution is -2.13. The lowest BCUT2D eigenvalue weighted by atomic mass is 9.97. The number of rotatable bonds is 12. The van der Waals surface area contributed by atoms with Crippen molar-refractivity contribution in [3.63, 3.8) is 0 Å². The summed E-state index contributed by atoms with van der Waals surface area (Å²) in [6.07, 6.45) is 7.91. The molecule has 3 aromatic rings. The van der Waals surface area contributed by atoms with Crippen molar-refractivity contribution in [2.45, 2.75) is 39.5 Å². The van der Waals surface area contributed by atoms with E-state index in [2.05, 4.69) is 16.8 Å². The van der Waals surface area contributed by atoms with E-state index < -0.39 is 0 Å². The molecule has 200 valence electrons. The molecule has 0 fully saturated rings. The molecule has 3 rings (SSSR count). The molecule has 0 heterocycles. The lowest BCUT2D eigenvalue weighted by Gasteiger charge is -2.13. The van der Waals surface area contributed by atoms with E-state index in [0.29, 0.717) is 22.9 Å². The molecule has 0 aromatic heterocycles. The van der Waals surface area contributed by atoms with Gasteiger partial charge in [0.1, 0.15) is 11.4 Å². The highest BCUT2D eigenvalue weighted by Gasteiger charge is 2.16. The Morgan fingerprint density at radius 1 is 0.795 bits per heavy atom. The summed E-state index contributed by atoms with van der Waals surface area (Å²) in [6.45, 7) is 9.69. The molecule has 6 heteroatoms. The second-order valence-electron chi connectivity index (χ2n) is 9.10. The summed E-state index contributed by atoms with van der Waals surface area (Å²) in [6, 6.07) is 23.6. The number of esters is 2. The summed E-state index contributed by atoms with van der Waals surface area (Å²) in [5.41, 5.74) is 2.78. The number of nitrogens with zero attached hydrogens (tertiary/aromatic N) is 2. The smallest absolute Gasteiger partial charge is 0.311 e. The summed E-state index contributed by atoms with van der Waals surface area (Å²) in [7, 11) is 0. The highest BCUT2D eigenvalue weighted by atomic mass is 16.5. The minimum Gasteiger partial charge on any atom is -0.424 e. The van der Waals surface area contributed by atoms with Crippen LogP contribution in [0.3, 0.4) is 0 Å². The molecule has 0 amide bonds. The van der Waals surface area contributed by atoms with Crippen LogP contribution in [0.2, 0.25) is 0 Å². The Hall–Kier alpha value is -4.58. The molecule has 0 aliphatic heterocycles. The molecule has 0 bridgehead atoms. The van der Waals surface area contributed by atoms with Crippen LogP contribution in [0.4, 0.5) is 11.4 Å². The highest BCUT2D eigenvalue weighted by Crippen LogP contribution is 2.33. The average Bonchev–Trinajstić information content (AvgIpc) is 2.94. The summed E-state index contributed by atoms with van der Waals surface area (Å²) in [5, 5.41) is 8.59. The zero-order valence-electron chi connectivity index (χ0n) is 22.6. The zero-order valence-corrected chi connectivity index (χ0v) is 22.6. The van der Waals surface area contributed by atoms with E-state index in [-0.39, 0.29) is 36.6 Å². The average molecular weight is 523 g/mol. The number of ether oxygens (including phenoxy) is 2. The van der Waals surface area contributed by atoms with E-state index in [1.807, 2.05) is 69.3 Å². The molecule has 2 atom stereocenters. The zero-order chi connectivity index (χ0) is 28.0. The van der Waals surface area contributed by atoms with Crippen LogP contribution < -0.4 is 9.47 Å². The van der Waals surface area contributed by atoms with Gasteiger partial charge in [0, 0.05) is 0 Å². The molecule has 0 unspecified atom stereocenters. The summed E-state index contributed by atoms with van der Waals surface area (Å²) in [4.78, 5) is 25.3. The fourth-order valence-corrected chi connectivity index (χ4v) is 3.85. The third-order valence-electron chi connectivity index (χ3n) is 6.04. The highest BCUT2D eigenvalue weighted by molar-refractivity contribution is 5.76. The molecule has 0 radical (unpaired) electrons. The molecule has 0 saturated heterocycles. The third-order valence-corrected chi connectivity index (χ3v) is 6.04. The van der Waals surface area contributed by atoms with E-state index >= 15 is 0 Å². The Morgan fingerprint density at radius 2 is 1.31 bits per heavy atom. The number of azo groups is 1. The second-order valence-corrected chi connectivity index (χ2v) is 9.10. The van der Waals surface area contributed by atoms with Gasteiger partial charge in [-0.05, 0) is 54.2 Å². The lowest BCUT2D eigenvalue weighted by molar-refractivity contribution is -0.135. The molecule has 6 nitrogen and oxygen atoms in total. The van der Waals surface area contributed by atoms with Crippen molar-refractivity contribution in [3.05, 3.63) is 121 Å². The topological polar surface area (TPSA) is 77.3 Å². The maximum absolute atomic E-state index is 12.7. The molecular formula is C33H34N2O4. The molecule has 0 aliphatic carbocycles. The van der Waals surface area contributed by atoms with Crippen LogP contribution in [0, 0.1) is 5.92 Å². The first-order chi connectivity index (χ1) is 18.9. The van der Waals surface area contributed by atoms with Crippen molar-refractivity contribution in [3.8, 4) is 11.5 Å². The SMILES string of the molecule is C=C/C(=C\C=C/C)[C@@H](C)CC(=O)Oc1ccccc1N=Nc1ccccc1OC(=O)C[C@@H](C)c1ccccc1. The quantitative estimate of drug-likeness (QED) is 0.103. The van der Waals surface area contributed by atoms with Gasteiger partial charge in [-0.1, -0.05) is 99.3 Å². The van der Waals surface area contributed by atoms with Gasteiger partial charge in [-0.15, -0.1) is 10.2 Å². The molecular weight excluding hydrogens is 488 g/mol. The van der Waals surface area contributed by atoms with Crippen molar-refractivity contribution < 1.29 is 19.1 Å². The second kappa shape index (κ2) is 15.0. The number of para-hydroxylation sites is 2. The van der Waals surface area contributed by atoms with Gasteiger partial charge in [0.05, 0.1) is 12.8 Å². The standard InChI is InChI=1S/C33H34N2O4/c1-5-7-15-26(6-2)24(3)22-32(36)38-30-20-13-11-18-28(30)34-35-29-19-12-14-21-31(29)39-33(37)23-25(4)27-16-9-8-10-17-27/h5-21,24-25H,2,22-23H2,1,3-4H3/b7-5-,26-15+,35-34?/t24-,25+/m0/s1. The predicted octanol–water partition coefficient (Wildman–Crippen LogP) is 8.82. The van der Waals surface area contributed by atoms with Gasteiger partial charge in [-0.3, -0.25) is 9.59 Å². The largest absolute Gasteiger partial charge is 0.424 e. The van der Waals surface area contributed by atoms with Gasteiger partial charge >= 0.3 is 11.9 Å². The van der Waals surface area contributed by atoms with E-state index in [1.165, 1.54) is 0 Å². The van der Waals surface area contributed by atoms with Crippen LogP contribution in [-0.2, 0) is 9.59 Å². The normalized spacial score (nSPS) is 13.3. The molecule has 0 aliphatic rings. The van der Waals surface area contributed by atoms with E-state index in [1.54, 1.807) is 54.6 Å². The van der Waals surface area contributed by atoms with Crippen molar-refractivity contribution in [2.75, 3.05) is 0 Å². The first-order valence-corrected chi connectivity index (χ1v) is 12.9. The molecule has 39 heavy (non-hydrogen) atoms. The number of carbonyl (C=O) groups excluding carboxylic acids is 2. The minimum absolute atomic E-state index is 0.0120. The predicted molar refractivity (Wildman–Crippen MR) is 155 cm³/mol. The van der Waals surface area contributed by atoms with Gasteiger partial charge in [-0.25, -0.2) is 0 Å². The van der Waals surface area contributed by atoms with Crippen LogP contribution in [0.15, 0.2) is 126 Å². The van der Waals surface area contributed by atoms with Crippen LogP contribution in [0.1, 0.15) is 45.1 Å². The van der Waals surface area contributed by atoms with E-state index in [4.69, 9.17) is 9.47 Å². The first-order valence-electron chi connectivity index (χ1n) is 12.9. The van der Waals surface area contributed by atoms with Crippen LogP contribution in [-0.4, -0.2) is 11.9 Å². The van der Waals surface area contributed by atoms with Crippen molar-refractivity contribution in [1.82, 2.24) is 0 Å². The number of carbonyl (C=O) groups is 2. The minimum atomic E-state index is -0.389. The third kappa shape index (κ3) is 9.04. The van der Waals surface area contributed by atoms with Crippen LogP contribution in [0.25, 0.3) is 0 Å². The van der Waals surface area contributed by atoms with Gasteiger partial charge in [0.25, 0.3) is 0 Å². The number of benzene rings is 3. The molecule has 0 spiro atoms. The van der Waals surface area contributed by atoms with E-state index in [9.17, 15) is 9.59 Å². The number of allylic oxidation sites excluding steroid dienone is 5. The van der Waals surface area contributed by atoms with Gasteiger partial charge in [0.2, 0.25) is 0 Å². The monoisotopic (exact) mass is 522 g/mol. The fourth-order valence-electron chi connectivity index (χ4n) is 3.85. The Morgan fingerprint density at radius 3 is 1.85 bits per heavy atom. The van der Waals surface area contributed by atoms with Crippen molar-refractivity contribution in [1.29, 1.82) is 0 Å². The Kier molecular flexibility index (Phi) is 11.1. The van der Waals surface area contributed by atoms with Gasteiger partial charge < -0.3 is 9.47 Å². The van der Waals surface area contributed by atoms with Gasteiger partial charge in [-0.2, -0.15) is 0 Å². The van der Waals surface area contributed by atoms with Crippen LogP contribution >= 0.6 is 0 Å². The first kappa shape index (κ1) is 29.0. The maximum Gasteiger partial charge on any atom is 0.311 e. The van der Waals surface area contributed by atoms with E-state index in [0.717, 1.165) is 11.1 Å². The number of hydrogen-bond acceptors (Lipinski definition) is 6. The molecule has 0 saturated carbocycles. The Balaban J connectivity index is 1.69. The molecule has 0 N–H and O–H groups in total.